The van der Waals surface area contributed by atoms with Crippen LogP contribution in [0, 0.1) is 0 Å². The summed E-state index contributed by atoms with van der Waals surface area (Å²) in [4.78, 5) is 8.36. The lowest BCUT2D eigenvalue weighted by Crippen LogP contribution is -1.97. The first-order chi connectivity index (χ1) is 8.20. The van der Waals surface area contributed by atoms with E-state index in [2.05, 4.69) is 9.97 Å². The predicted molar refractivity (Wildman–Crippen MR) is 73.1 cm³/mol. The lowest BCUT2D eigenvalue weighted by molar-refractivity contribution is 0.937. The zero-order valence-corrected chi connectivity index (χ0v) is 11.5. The summed E-state index contributed by atoms with van der Waals surface area (Å²) in [7, 11) is 0. The fourth-order valence-corrected chi connectivity index (χ4v) is 2.44. The molecule has 2 aromatic rings. The van der Waals surface area contributed by atoms with Gasteiger partial charge in [0.25, 0.3) is 0 Å². The van der Waals surface area contributed by atoms with Crippen molar-refractivity contribution in [1.29, 1.82) is 0 Å². The Morgan fingerprint density at radius 1 is 1.06 bits per heavy atom. The number of hydrogen-bond acceptors (Lipinski definition) is 3. The number of hydrogen-bond donors (Lipinski definition) is 0. The van der Waals surface area contributed by atoms with Gasteiger partial charge in [-0.15, -0.1) is 0 Å². The summed E-state index contributed by atoms with van der Waals surface area (Å²) in [5.74, 6) is 0. The molecule has 0 aliphatic carbocycles. The summed E-state index contributed by atoms with van der Waals surface area (Å²) in [5, 5.41) is 1.45. The van der Waals surface area contributed by atoms with E-state index in [9.17, 15) is 0 Å². The first kappa shape index (κ1) is 12.7. The number of nitrogens with zero attached hydrogens (tertiary/aromatic N) is 2. The molecule has 1 heterocycles. The third kappa shape index (κ3) is 3.12. The van der Waals surface area contributed by atoms with Gasteiger partial charge in [-0.1, -0.05) is 65.3 Å². The lowest BCUT2D eigenvalue weighted by Gasteiger charge is -2.07. The topological polar surface area (TPSA) is 25.8 Å². The van der Waals surface area contributed by atoms with E-state index >= 15 is 0 Å². The monoisotopic (exact) mass is 284 g/mol. The van der Waals surface area contributed by atoms with Crippen LogP contribution in [0.15, 0.2) is 35.5 Å². The summed E-state index contributed by atoms with van der Waals surface area (Å²) >= 11 is 13.6. The van der Waals surface area contributed by atoms with Crippen LogP contribution in [-0.4, -0.2) is 16.2 Å². The van der Waals surface area contributed by atoms with Crippen LogP contribution < -0.4 is 0 Å². The van der Waals surface area contributed by atoms with Gasteiger partial charge >= 0.3 is 0 Å². The Labute approximate surface area is 114 Å². The highest BCUT2D eigenvalue weighted by Crippen LogP contribution is 2.26. The summed E-state index contributed by atoms with van der Waals surface area (Å²) in [6.07, 6.45) is 2.53. The molecule has 0 aliphatic rings. The van der Waals surface area contributed by atoms with E-state index in [1.807, 2.05) is 36.6 Å². The Hall–Kier alpha value is -0.770. The molecule has 0 unspecified atom stereocenters. The van der Waals surface area contributed by atoms with E-state index in [1.54, 1.807) is 0 Å². The highest BCUT2D eigenvalue weighted by molar-refractivity contribution is 7.98. The molecule has 0 radical (unpaired) electrons. The molecule has 0 N–H and O–H groups in total. The van der Waals surface area contributed by atoms with E-state index in [0.29, 0.717) is 21.9 Å². The minimum Gasteiger partial charge on any atom is -0.210 e. The van der Waals surface area contributed by atoms with E-state index < -0.39 is 0 Å². The number of aromatic nitrogens is 2. The maximum absolute atomic E-state index is 6.11. The van der Waals surface area contributed by atoms with Gasteiger partial charge in [-0.3, -0.25) is 0 Å². The van der Waals surface area contributed by atoms with Crippen molar-refractivity contribution in [2.45, 2.75) is 11.6 Å². The molecule has 0 saturated heterocycles. The lowest BCUT2D eigenvalue weighted by atomic mass is 10.1. The average molecular weight is 285 g/mol. The second kappa shape index (κ2) is 5.71. The molecule has 0 amide bonds. The summed E-state index contributed by atoms with van der Waals surface area (Å²) in [5.41, 5.74) is 1.91. The van der Waals surface area contributed by atoms with Crippen molar-refractivity contribution < 1.29 is 0 Å². The van der Waals surface area contributed by atoms with Gasteiger partial charge in [0.15, 0.2) is 5.16 Å². The third-order valence-corrected chi connectivity index (χ3v) is 3.46. The molecule has 5 heteroatoms. The fraction of sp³-hybridized carbons (Fsp3) is 0.167. The maximum atomic E-state index is 6.11. The summed E-state index contributed by atoms with van der Waals surface area (Å²) in [6, 6.07) is 9.98. The molecule has 0 fully saturated rings. The Kier molecular flexibility index (Phi) is 4.26. The fourth-order valence-electron chi connectivity index (χ4n) is 1.45. The standard InChI is InChI=1S/C12H10Cl2N2S/c1-17-12-15-10(13)9(11(14)16-12)7-8-5-3-2-4-6-8/h2-6H,7H2,1H3. The van der Waals surface area contributed by atoms with Gasteiger partial charge in [0.1, 0.15) is 10.3 Å². The number of thioether (sulfide) groups is 1. The smallest absolute Gasteiger partial charge is 0.190 e. The van der Waals surface area contributed by atoms with Crippen molar-refractivity contribution in [3.63, 3.8) is 0 Å². The molecule has 0 bridgehead atoms. The highest BCUT2D eigenvalue weighted by Gasteiger charge is 2.11. The molecule has 0 saturated carbocycles. The molecule has 17 heavy (non-hydrogen) atoms. The maximum Gasteiger partial charge on any atom is 0.190 e. The molecule has 1 aromatic carbocycles. The van der Waals surface area contributed by atoms with Crippen LogP contribution in [0.5, 0.6) is 0 Å². The molecule has 0 aliphatic heterocycles. The van der Waals surface area contributed by atoms with E-state index in [0.717, 1.165) is 11.1 Å². The highest BCUT2D eigenvalue weighted by atomic mass is 35.5. The minimum atomic E-state index is 0.429. The zero-order valence-electron chi connectivity index (χ0n) is 9.15. The van der Waals surface area contributed by atoms with Crippen molar-refractivity contribution in [2.24, 2.45) is 0 Å². The van der Waals surface area contributed by atoms with Gasteiger partial charge in [-0.25, -0.2) is 9.97 Å². The molecular formula is C12H10Cl2N2S. The number of rotatable bonds is 3. The molecule has 88 valence electrons. The SMILES string of the molecule is CSc1nc(Cl)c(Cc2ccccc2)c(Cl)n1. The average Bonchev–Trinajstić information content (AvgIpc) is 2.35. The van der Waals surface area contributed by atoms with Gasteiger partial charge in [0.05, 0.1) is 0 Å². The number of halogens is 2. The summed E-state index contributed by atoms with van der Waals surface area (Å²) < 4.78 is 0. The van der Waals surface area contributed by atoms with Gasteiger partial charge in [-0.05, 0) is 11.8 Å². The van der Waals surface area contributed by atoms with Crippen molar-refractivity contribution in [3.05, 3.63) is 51.8 Å². The molecule has 0 spiro atoms. The first-order valence-corrected chi connectivity index (χ1v) is 6.98. The molecule has 2 rings (SSSR count). The molecule has 1 aromatic heterocycles. The Balaban J connectivity index is 2.33. The van der Waals surface area contributed by atoms with Gasteiger partial charge < -0.3 is 0 Å². The van der Waals surface area contributed by atoms with Crippen LogP contribution in [0.25, 0.3) is 0 Å². The Morgan fingerprint density at radius 3 is 2.18 bits per heavy atom. The quantitative estimate of drug-likeness (QED) is 0.482. The van der Waals surface area contributed by atoms with Crippen LogP contribution in [0.4, 0.5) is 0 Å². The zero-order chi connectivity index (χ0) is 12.3. The number of benzene rings is 1. The first-order valence-electron chi connectivity index (χ1n) is 5.00. The van der Waals surface area contributed by atoms with Crippen molar-refractivity contribution in [2.75, 3.05) is 6.26 Å². The molecular weight excluding hydrogens is 275 g/mol. The van der Waals surface area contributed by atoms with Crippen LogP contribution in [0.3, 0.4) is 0 Å². The second-order valence-electron chi connectivity index (χ2n) is 3.43. The van der Waals surface area contributed by atoms with Gasteiger partial charge in [0, 0.05) is 12.0 Å². The van der Waals surface area contributed by atoms with Crippen molar-refractivity contribution >= 4 is 35.0 Å². The predicted octanol–water partition coefficient (Wildman–Crippen LogP) is 4.10. The van der Waals surface area contributed by atoms with Crippen molar-refractivity contribution in [1.82, 2.24) is 9.97 Å². The molecule has 0 atom stereocenters. The molecule has 2 nitrogen and oxygen atoms in total. The van der Waals surface area contributed by atoms with Crippen LogP contribution in [0.2, 0.25) is 10.3 Å². The largest absolute Gasteiger partial charge is 0.210 e. The van der Waals surface area contributed by atoms with E-state index in [1.165, 1.54) is 11.8 Å². The van der Waals surface area contributed by atoms with E-state index in [4.69, 9.17) is 23.2 Å². The van der Waals surface area contributed by atoms with Crippen LogP contribution in [-0.2, 0) is 6.42 Å². The Morgan fingerprint density at radius 2 is 1.65 bits per heavy atom. The third-order valence-electron chi connectivity index (χ3n) is 2.29. The normalized spacial score (nSPS) is 10.5. The second-order valence-corrected chi connectivity index (χ2v) is 4.92. The Bertz CT molecular complexity index is 494. The van der Waals surface area contributed by atoms with Crippen molar-refractivity contribution in [3.8, 4) is 0 Å². The minimum absolute atomic E-state index is 0.429. The van der Waals surface area contributed by atoms with Gasteiger partial charge in [0.2, 0.25) is 0 Å². The summed E-state index contributed by atoms with van der Waals surface area (Å²) in [6.45, 7) is 0. The van der Waals surface area contributed by atoms with Crippen LogP contribution in [0.1, 0.15) is 11.1 Å². The van der Waals surface area contributed by atoms with E-state index in [-0.39, 0.29) is 0 Å². The van der Waals surface area contributed by atoms with Crippen LogP contribution >= 0.6 is 35.0 Å². The van der Waals surface area contributed by atoms with Gasteiger partial charge in [-0.2, -0.15) is 0 Å².